The molecule has 4 aromatic heterocycles. The number of rotatable bonds is 8. The van der Waals surface area contributed by atoms with Crippen molar-refractivity contribution in [2.45, 2.75) is 50.6 Å². The lowest BCUT2D eigenvalue weighted by atomic mass is 9.93. The van der Waals surface area contributed by atoms with Crippen molar-refractivity contribution in [2.75, 3.05) is 19.0 Å². The number of carbonyl (C=O) groups is 1. The molecule has 0 unspecified atom stereocenters. The van der Waals surface area contributed by atoms with E-state index in [0.717, 1.165) is 57.3 Å². The Morgan fingerprint density at radius 1 is 1.04 bits per heavy atom. The maximum absolute atomic E-state index is 14.6. The summed E-state index contributed by atoms with van der Waals surface area (Å²) in [6.07, 6.45) is 5.87. The van der Waals surface area contributed by atoms with Gasteiger partial charge in [-0.15, -0.1) is 16.4 Å². The molecule has 0 radical (unpaired) electrons. The molecule has 3 aliphatic rings. The largest absolute Gasteiger partial charge is 0.496 e. The van der Waals surface area contributed by atoms with Gasteiger partial charge in [0.05, 0.1) is 46.4 Å². The number of methoxy groups -OCH3 is 1. The molecule has 9 rings (SSSR count). The fraction of sp³-hybridized carbons (Fsp3) is 0.270. The molecule has 50 heavy (non-hydrogen) atoms. The number of nitrogens with one attached hydrogen (secondary N) is 2. The fourth-order valence-electron chi connectivity index (χ4n) is 7.80. The van der Waals surface area contributed by atoms with Gasteiger partial charge in [0.1, 0.15) is 23.2 Å². The predicted octanol–water partition coefficient (Wildman–Crippen LogP) is 7.16. The molecule has 2 aliphatic heterocycles. The van der Waals surface area contributed by atoms with E-state index in [1.54, 1.807) is 31.5 Å². The van der Waals surface area contributed by atoms with Crippen molar-refractivity contribution in [3.63, 3.8) is 0 Å². The molecule has 0 spiro atoms. The third-order valence-electron chi connectivity index (χ3n) is 10.0. The Kier molecular flexibility index (Phi) is 7.27. The van der Waals surface area contributed by atoms with Gasteiger partial charge in [-0.3, -0.25) is 9.78 Å². The van der Waals surface area contributed by atoms with E-state index in [1.165, 1.54) is 29.5 Å². The smallest absolute Gasteiger partial charge is 0.434 e. The molecule has 0 saturated carbocycles. The lowest BCUT2D eigenvalue weighted by molar-refractivity contribution is 0.0776. The number of anilines is 1. The SMILES string of the molecule is COc1cc(F)cc2c1CC[C@H]2Nc1nccc2cc(-c3c4c(nc(CCc5ccc(F)cc5)c3-c3n[nH]c(=O)o3)[C@H]3CCCN3C4=O)sc12. The Hall–Kier alpha value is -5.43. The number of fused-ring (bicyclic) bond motifs is 5. The van der Waals surface area contributed by atoms with Gasteiger partial charge in [-0.05, 0) is 90.9 Å². The zero-order valence-corrected chi connectivity index (χ0v) is 27.7. The van der Waals surface area contributed by atoms with Gasteiger partial charge in [0.15, 0.2) is 0 Å². The van der Waals surface area contributed by atoms with Gasteiger partial charge in [-0.2, -0.15) is 0 Å². The van der Waals surface area contributed by atoms with Crippen LogP contribution >= 0.6 is 11.3 Å². The number of halogens is 2. The monoisotopic (exact) mass is 692 g/mol. The lowest BCUT2D eigenvalue weighted by Crippen LogP contribution is -2.22. The molecular weight excluding hydrogens is 663 g/mol. The maximum atomic E-state index is 14.6. The van der Waals surface area contributed by atoms with Crippen LogP contribution < -0.4 is 15.8 Å². The number of ether oxygens (including phenoxy) is 1. The number of pyridine rings is 2. The molecule has 10 nitrogen and oxygen atoms in total. The number of aryl methyl sites for hydroxylation is 2. The molecule has 6 heterocycles. The second kappa shape index (κ2) is 11.9. The molecule has 2 aromatic carbocycles. The Bertz CT molecular complexity index is 2390. The van der Waals surface area contributed by atoms with Gasteiger partial charge in [-0.25, -0.2) is 23.7 Å². The standard InChI is InChI=1S/C37H30F2N6O4S/c1-48-27-17-21(39)16-23-22(27)9-11-24(23)42-34-33-19(12-13-40-34)15-28(50-33)30-29(35-43-44-37(47)49-35)25(10-6-18-4-7-20(38)8-5-18)41-32-26-3-2-14-45(26)36(46)31(30)32/h4-5,7-8,12-13,15-17,24,26H,2-3,6,9-11,14H2,1H3,(H,40,42)(H,44,47)/t24-,26-/m1/s1. The summed E-state index contributed by atoms with van der Waals surface area (Å²) in [5.41, 5.74) is 5.66. The number of nitrogens with zero attached hydrogens (tertiary/aromatic N) is 4. The van der Waals surface area contributed by atoms with E-state index in [4.69, 9.17) is 19.1 Å². The van der Waals surface area contributed by atoms with Gasteiger partial charge in [0.25, 0.3) is 11.8 Å². The number of carbonyl (C=O) groups excluding carboxylic acids is 1. The third-order valence-corrected chi connectivity index (χ3v) is 11.2. The summed E-state index contributed by atoms with van der Waals surface area (Å²) >= 11 is 1.47. The number of benzene rings is 2. The first kappa shape index (κ1) is 30.6. The maximum Gasteiger partial charge on any atom is 0.434 e. The minimum atomic E-state index is -0.722. The van der Waals surface area contributed by atoms with E-state index < -0.39 is 5.76 Å². The van der Waals surface area contributed by atoms with Crippen LogP contribution in [-0.4, -0.2) is 44.6 Å². The number of aromatic amines is 1. The molecular formula is C37H30F2N6O4S. The highest BCUT2D eigenvalue weighted by Gasteiger charge is 2.45. The van der Waals surface area contributed by atoms with E-state index in [-0.39, 0.29) is 35.5 Å². The molecule has 2 N–H and O–H groups in total. The zero-order chi connectivity index (χ0) is 34.1. The number of hydrogen-bond donors (Lipinski definition) is 2. The van der Waals surface area contributed by atoms with Gasteiger partial charge >= 0.3 is 5.76 Å². The van der Waals surface area contributed by atoms with Crippen LogP contribution in [0.4, 0.5) is 14.6 Å². The molecule has 252 valence electrons. The number of amides is 1. The van der Waals surface area contributed by atoms with Crippen molar-refractivity contribution in [3.05, 3.63) is 111 Å². The second-order valence-corrected chi connectivity index (χ2v) is 13.9. The highest BCUT2D eigenvalue weighted by molar-refractivity contribution is 7.23. The number of hydrogen-bond acceptors (Lipinski definition) is 9. The minimum absolute atomic E-state index is 0.0433. The number of thiophene rings is 1. The molecule has 1 fully saturated rings. The summed E-state index contributed by atoms with van der Waals surface area (Å²) in [5.74, 6) is -0.283. The number of aromatic nitrogens is 4. The summed E-state index contributed by atoms with van der Waals surface area (Å²) in [6.45, 7) is 0.635. The predicted molar refractivity (Wildman–Crippen MR) is 183 cm³/mol. The molecule has 0 bridgehead atoms. The normalized spacial score (nSPS) is 17.7. The highest BCUT2D eigenvalue weighted by Crippen LogP contribution is 2.50. The van der Waals surface area contributed by atoms with Crippen molar-refractivity contribution in [2.24, 2.45) is 0 Å². The van der Waals surface area contributed by atoms with E-state index in [1.807, 2.05) is 17.0 Å². The quantitative estimate of drug-likeness (QED) is 0.172. The highest BCUT2D eigenvalue weighted by atomic mass is 32.1. The van der Waals surface area contributed by atoms with Crippen LogP contribution in [0.5, 0.6) is 5.75 Å². The van der Waals surface area contributed by atoms with E-state index in [0.29, 0.717) is 59.0 Å². The van der Waals surface area contributed by atoms with Crippen molar-refractivity contribution >= 4 is 33.1 Å². The first-order chi connectivity index (χ1) is 24.4. The summed E-state index contributed by atoms with van der Waals surface area (Å²) in [7, 11) is 1.55. The van der Waals surface area contributed by atoms with Crippen molar-refractivity contribution < 1.29 is 22.7 Å². The zero-order valence-electron chi connectivity index (χ0n) is 26.9. The Balaban J connectivity index is 1.20. The molecule has 13 heteroatoms. The summed E-state index contributed by atoms with van der Waals surface area (Å²) < 4.78 is 40.2. The fourth-order valence-corrected chi connectivity index (χ4v) is 8.97. The van der Waals surface area contributed by atoms with Crippen LogP contribution in [0, 0.1) is 11.6 Å². The van der Waals surface area contributed by atoms with Crippen molar-refractivity contribution in [1.82, 2.24) is 25.1 Å². The summed E-state index contributed by atoms with van der Waals surface area (Å²) in [4.78, 5) is 39.0. The Labute approximate surface area is 288 Å². The lowest BCUT2D eigenvalue weighted by Gasteiger charge is -2.16. The molecule has 1 aliphatic carbocycles. The van der Waals surface area contributed by atoms with Gasteiger partial charge in [-0.1, -0.05) is 12.1 Å². The minimum Gasteiger partial charge on any atom is -0.496 e. The van der Waals surface area contributed by atoms with Crippen molar-refractivity contribution in [1.29, 1.82) is 0 Å². The number of H-pyrrole nitrogens is 1. The average molecular weight is 693 g/mol. The van der Waals surface area contributed by atoms with Gasteiger partial charge < -0.3 is 19.4 Å². The third kappa shape index (κ3) is 4.98. The Morgan fingerprint density at radius 3 is 2.70 bits per heavy atom. The molecule has 2 atom stereocenters. The second-order valence-electron chi connectivity index (χ2n) is 12.9. The van der Waals surface area contributed by atoms with Gasteiger partial charge in [0, 0.05) is 29.2 Å². The molecule has 1 saturated heterocycles. The van der Waals surface area contributed by atoms with Crippen molar-refractivity contribution in [3.8, 4) is 27.6 Å². The molecule has 6 aromatic rings. The van der Waals surface area contributed by atoms with E-state index in [9.17, 15) is 18.4 Å². The van der Waals surface area contributed by atoms with Crippen LogP contribution in [0.2, 0.25) is 0 Å². The van der Waals surface area contributed by atoms with Crippen LogP contribution in [-0.2, 0) is 19.3 Å². The summed E-state index contributed by atoms with van der Waals surface area (Å²) in [5, 5.41) is 11.1. The van der Waals surface area contributed by atoms with Crippen LogP contribution in [0.25, 0.3) is 32.0 Å². The molecule has 1 amide bonds. The first-order valence-corrected chi connectivity index (χ1v) is 17.4. The topological polar surface area (TPSA) is 126 Å². The van der Waals surface area contributed by atoms with Crippen LogP contribution in [0.3, 0.4) is 0 Å². The Morgan fingerprint density at radius 2 is 1.90 bits per heavy atom. The van der Waals surface area contributed by atoms with E-state index in [2.05, 4.69) is 15.5 Å². The average Bonchev–Trinajstić information content (AvgIpc) is 3.95. The summed E-state index contributed by atoms with van der Waals surface area (Å²) in [6, 6.07) is 12.9. The van der Waals surface area contributed by atoms with Crippen LogP contribution in [0.15, 0.2) is 63.9 Å². The van der Waals surface area contributed by atoms with E-state index >= 15 is 0 Å². The first-order valence-electron chi connectivity index (χ1n) is 16.6. The van der Waals surface area contributed by atoms with Crippen LogP contribution in [0.1, 0.15) is 69.8 Å². The van der Waals surface area contributed by atoms with Gasteiger partial charge in [0.2, 0.25) is 0 Å².